The van der Waals surface area contributed by atoms with E-state index in [2.05, 4.69) is 10.3 Å². The Balaban J connectivity index is 2.82. The van der Waals surface area contributed by atoms with Gasteiger partial charge >= 0.3 is 5.97 Å². The standard InChI is InChI=1S/C13H18N2O3/c1-4-8(2)11(13(17)18)15-12(16)10-5-6-14-9(3)7-10/h5-8,11H,4H2,1-3H3,(H,15,16)(H,17,18). The van der Waals surface area contributed by atoms with Crippen LogP contribution in [0.25, 0.3) is 0 Å². The van der Waals surface area contributed by atoms with Gasteiger partial charge in [-0.2, -0.15) is 0 Å². The zero-order chi connectivity index (χ0) is 13.7. The maximum Gasteiger partial charge on any atom is 0.326 e. The highest BCUT2D eigenvalue weighted by Crippen LogP contribution is 2.09. The molecule has 0 aliphatic carbocycles. The number of nitrogens with one attached hydrogen (secondary N) is 1. The number of aliphatic carboxylic acids is 1. The summed E-state index contributed by atoms with van der Waals surface area (Å²) in [6, 6.07) is 2.33. The van der Waals surface area contributed by atoms with Crippen LogP contribution in [0.1, 0.15) is 36.3 Å². The van der Waals surface area contributed by atoms with Crippen molar-refractivity contribution in [1.82, 2.24) is 10.3 Å². The van der Waals surface area contributed by atoms with Crippen LogP contribution < -0.4 is 5.32 Å². The summed E-state index contributed by atoms with van der Waals surface area (Å²) in [6.07, 6.45) is 2.22. The predicted octanol–water partition coefficient (Wildman–Crippen LogP) is 1.62. The van der Waals surface area contributed by atoms with Gasteiger partial charge in [0.05, 0.1) is 0 Å². The van der Waals surface area contributed by atoms with E-state index < -0.39 is 12.0 Å². The van der Waals surface area contributed by atoms with Crippen molar-refractivity contribution in [3.8, 4) is 0 Å². The lowest BCUT2D eigenvalue weighted by Gasteiger charge is -2.20. The molecule has 2 unspecified atom stereocenters. The van der Waals surface area contributed by atoms with Crippen LogP contribution in [0.2, 0.25) is 0 Å². The van der Waals surface area contributed by atoms with Gasteiger partial charge in [0, 0.05) is 17.5 Å². The third kappa shape index (κ3) is 3.55. The van der Waals surface area contributed by atoms with Crippen LogP contribution in [0.5, 0.6) is 0 Å². The van der Waals surface area contributed by atoms with Crippen molar-refractivity contribution in [1.29, 1.82) is 0 Å². The number of aromatic nitrogens is 1. The number of hydrogen-bond acceptors (Lipinski definition) is 3. The van der Waals surface area contributed by atoms with E-state index in [-0.39, 0.29) is 11.8 Å². The second-order valence-electron chi connectivity index (χ2n) is 4.36. The minimum absolute atomic E-state index is 0.116. The first-order valence-corrected chi connectivity index (χ1v) is 5.92. The van der Waals surface area contributed by atoms with Gasteiger partial charge in [-0.3, -0.25) is 9.78 Å². The Morgan fingerprint density at radius 1 is 1.50 bits per heavy atom. The summed E-state index contributed by atoms with van der Waals surface area (Å²) in [7, 11) is 0. The molecule has 1 rings (SSSR count). The topological polar surface area (TPSA) is 79.3 Å². The van der Waals surface area contributed by atoms with E-state index >= 15 is 0 Å². The first-order chi connectivity index (χ1) is 8.45. The highest BCUT2D eigenvalue weighted by atomic mass is 16.4. The Hall–Kier alpha value is -1.91. The second kappa shape index (κ2) is 6.14. The van der Waals surface area contributed by atoms with Crippen LogP contribution in [-0.4, -0.2) is 28.0 Å². The van der Waals surface area contributed by atoms with Gasteiger partial charge in [0.15, 0.2) is 0 Å². The second-order valence-corrected chi connectivity index (χ2v) is 4.36. The molecule has 0 spiro atoms. The van der Waals surface area contributed by atoms with Gasteiger partial charge in [0.2, 0.25) is 0 Å². The third-order valence-corrected chi connectivity index (χ3v) is 2.92. The molecule has 0 aliphatic rings. The van der Waals surface area contributed by atoms with Gasteiger partial charge in [0.25, 0.3) is 5.91 Å². The van der Waals surface area contributed by atoms with Crippen molar-refractivity contribution < 1.29 is 14.7 Å². The fourth-order valence-electron chi connectivity index (χ4n) is 1.59. The lowest BCUT2D eigenvalue weighted by atomic mass is 9.99. The van der Waals surface area contributed by atoms with Crippen LogP contribution in [0, 0.1) is 12.8 Å². The van der Waals surface area contributed by atoms with Crippen molar-refractivity contribution in [2.75, 3.05) is 0 Å². The molecule has 98 valence electrons. The number of hydrogen-bond donors (Lipinski definition) is 2. The zero-order valence-electron chi connectivity index (χ0n) is 10.8. The molecular weight excluding hydrogens is 232 g/mol. The van der Waals surface area contributed by atoms with Crippen LogP contribution in [0.15, 0.2) is 18.3 Å². The quantitative estimate of drug-likeness (QED) is 0.832. The van der Waals surface area contributed by atoms with E-state index in [0.29, 0.717) is 12.0 Å². The summed E-state index contributed by atoms with van der Waals surface area (Å²) in [6.45, 7) is 5.47. The largest absolute Gasteiger partial charge is 0.480 e. The molecule has 0 aromatic carbocycles. The fraction of sp³-hybridized carbons (Fsp3) is 0.462. The van der Waals surface area contributed by atoms with Gasteiger partial charge in [-0.1, -0.05) is 20.3 Å². The number of carboxylic acid groups (broad SMARTS) is 1. The molecule has 1 heterocycles. The van der Waals surface area contributed by atoms with Gasteiger partial charge in [-0.25, -0.2) is 4.79 Å². The maximum atomic E-state index is 11.9. The van der Waals surface area contributed by atoms with E-state index in [0.717, 1.165) is 5.69 Å². The highest BCUT2D eigenvalue weighted by molar-refractivity contribution is 5.96. The van der Waals surface area contributed by atoms with Crippen molar-refractivity contribution in [3.05, 3.63) is 29.6 Å². The smallest absolute Gasteiger partial charge is 0.326 e. The zero-order valence-corrected chi connectivity index (χ0v) is 10.8. The van der Waals surface area contributed by atoms with E-state index in [1.54, 1.807) is 26.0 Å². The minimum Gasteiger partial charge on any atom is -0.480 e. The molecule has 1 amide bonds. The van der Waals surface area contributed by atoms with Crippen LogP contribution >= 0.6 is 0 Å². The number of carbonyl (C=O) groups excluding carboxylic acids is 1. The molecule has 0 radical (unpaired) electrons. The molecule has 18 heavy (non-hydrogen) atoms. The Labute approximate surface area is 106 Å². The number of carboxylic acids is 1. The predicted molar refractivity (Wildman–Crippen MR) is 67.3 cm³/mol. The summed E-state index contributed by atoms with van der Waals surface area (Å²) in [5.74, 6) is -1.51. The molecule has 0 saturated carbocycles. The average molecular weight is 250 g/mol. The lowest BCUT2D eigenvalue weighted by molar-refractivity contribution is -0.140. The maximum absolute atomic E-state index is 11.9. The summed E-state index contributed by atoms with van der Waals surface area (Å²) >= 11 is 0. The molecule has 0 aliphatic heterocycles. The summed E-state index contributed by atoms with van der Waals surface area (Å²) in [5.41, 5.74) is 1.15. The summed E-state index contributed by atoms with van der Waals surface area (Å²) in [4.78, 5) is 27.0. The molecule has 5 nitrogen and oxygen atoms in total. The third-order valence-electron chi connectivity index (χ3n) is 2.92. The molecular formula is C13H18N2O3. The number of amides is 1. The van der Waals surface area contributed by atoms with E-state index in [1.165, 1.54) is 6.20 Å². The van der Waals surface area contributed by atoms with Gasteiger partial charge in [-0.15, -0.1) is 0 Å². The number of nitrogens with zero attached hydrogens (tertiary/aromatic N) is 1. The Morgan fingerprint density at radius 3 is 2.67 bits per heavy atom. The molecule has 0 fully saturated rings. The molecule has 0 saturated heterocycles. The number of aryl methyl sites for hydroxylation is 1. The monoisotopic (exact) mass is 250 g/mol. The minimum atomic E-state index is -1.01. The first kappa shape index (κ1) is 14.2. The van der Waals surface area contributed by atoms with Gasteiger partial charge < -0.3 is 10.4 Å². The molecule has 1 aromatic heterocycles. The van der Waals surface area contributed by atoms with Gasteiger partial charge in [0.1, 0.15) is 6.04 Å². The SMILES string of the molecule is CCC(C)C(NC(=O)c1ccnc(C)c1)C(=O)O. The number of rotatable bonds is 5. The van der Waals surface area contributed by atoms with E-state index in [1.807, 2.05) is 6.92 Å². The van der Waals surface area contributed by atoms with Gasteiger partial charge in [-0.05, 0) is 25.0 Å². The van der Waals surface area contributed by atoms with Crippen molar-refractivity contribution in [2.45, 2.75) is 33.2 Å². The number of carbonyl (C=O) groups is 2. The highest BCUT2D eigenvalue weighted by Gasteiger charge is 2.25. The molecule has 2 atom stereocenters. The molecule has 0 bridgehead atoms. The fourth-order valence-corrected chi connectivity index (χ4v) is 1.59. The number of pyridine rings is 1. The summed E-state index contributed by atoms with van der Waals surface area (Å²) in [5, 5.41) is 11.6. The van der Waals surface area contributed by atoms with Crippen molar-refractivity contribution in [3.63, 3.8) is 0 Å². The Bertz CT molecular complexity index is 446. The summed E-state index contributed by atoms with van der Waals surface area (Å²) < 4.78 is 0. The lowest BCUT2D eigenvalue weighted by Crippen LogP contribution is -2.45. The van der Waals surface area contributed by atoms with Crippen LogP contribution in [0.4, 0.5) is 0 Å². The van der Waals surface area contributed by atoms with Crippen LogP contribution in [0.3, 0.4) is 0 Å². The van der Waals surface area contributed by atoms with E-state index in [4.69, 9.17) is 5.11 Å². The van der Waals surface area contributed by atoms with Crippen molar-refractivity contribution in [2.24, 2.45) is 5.92 Å². The first-order valence-electron chi connectivity index (χ1n) is 5.92. The molecule has 1 aromatic rings. The van der Waals surface area contributed by atoms with Crippen molar-refractivity contribution >= 4 is 11.9 Å². The van der Waals surface area contributed by atoms with Crippen LogP contribution in [-0.2, 0) is 4.79 Å². The normalized spacial score (nSPS) is 13.7. The average Bonchev–Trinajstić information content (AvgIpc) is 2.34. The molecule has 5 heteroatoms. The Kier molecular flexibility index (Phi) is 4.83. The van der Waals surface area contributed by atoms with E-state index in [9.17, 15) is 9.59 Å². The molecule has 2 N–H and O–H groups in total. The Morgan fingerprint density at radius 2 is 2.17 bits per heavy atom.